The third-order valence-corrected chi connectivity index (χ3v) is 6.30. The predicted octanol–water partition coefficient (Wildman–Crippen LogP) is 3.96. The molecule has 1 aromatic carbocycles. The Balaban J connectivity index is 0.00000225. The molecule has 1 aromatic heterocycles. The highest BCUT2D eigenvalue weighted by atomic mass is 35.5. The van der Waals surface area contributed by atoms with Crippen molar-refractivity contribution in [3.05, 3.63) is 12.1 Å². The highest BCUT2D eigenvalue weighted by Crippen LogP contribution is 2.39. The fourth-order valence-electron chi connectivity index (χ4n) is 3.74. The van der Waals surface area contributed by atoms with Gasteiger partial charge in [-0.05, 0) is 26.9 Å². The normalized spacial score (nSPS) is 16.8. The van der Waals surface area contributed by atoms with Crippen LogP contribution in [0.3, 0.4) is 0 Å². The van der Waals surface area contributed by atoms with Crippen LogP contribution in [0.2, 0.25) is 0 Å². The molecule has 1 amide bonds. The lowest BCUT2D eigenvalue weighted by Gasteiger charge is -2.28. The topological polar surface area (TPSA) is 54.9 Å². The maximum absolute atomic E-state index is 13.3. The average Bonchev–Trinajstić information content (AvgIpc) is 3.09. The highest BCUT2D eigenvalue weighted by Gasteiger charge is 2.29. The van der Waals surface area contributed by atoms with Crippen LogP contribution >= 0.6 is 23.7 Å². The standard InChI is InChI=1S/C20H27N3O3S.ClH/c1-22(2)8-9-23(19(24)14-6-4-3-5-7-14)20-21-15-12-16-17(13-18(15)27-20)26-11-10-25-16;/h12-14H,3-11H2,1-2H3;1H. The summed E-state index contributed by atoms with van der Waals surface area (Å²) in [6, 6.07) is 3.92. The molecule has 2 aromatic rings. The number of benzene rings is 1. The third-order valence-electron chi connectivity index (χ3n) is 5.26. The zero-order valence-corrected chi connectivity index (χ0v) is 18.1. The number of carbonyl (C=O) groups is 1. The predicted molar refractivity (Wildman–Crippen MR) is 115 cm³/mol. The van der Waals surface area contributed by atoms with E-state index in [0.29, 0.717) is 19.8 Å². The minimum Gasteiger partial charge on any atom is -0.486 e. The summed E-state index contributed by atoms with van der Waals surface area (Å²) >= 11 is 1.56. The number of carbonyl (C=O) groups excluding carboxylic acids is 1. The summed E-state index contributed by atoms with van der Waals surface area (Å²) in [6.45, 7) is 2.61. The molecule has 0 atom stereocenters. The zero-order chi connectivity index (χ0) is 18.8. The molecule has 0 N–H and O–H groups in total. The molecule has 28 heavy (non-hydrogen) atoms. The van der Waals surface area contributed by atoms with Gasteiger partial charge in [0.15, 0.2) is 16.6 Å². The van der Waals surface area contributed by atoms with E-state index in [1.165, 1.54) is 6.42 Å². The molecule has 1 fully saturated rings. The molecule has 0 unspecified atom stereocenters. The number of hydrogen-bond donors (Lipinski definition) is 0. The molecule has 1 aliphatic heterocycles. The molecular weight excluding hydrogens is 398 g/mol. The first-order chi connectivity index (χ1) is 13.1. The summed E-state index contributed by atoms with van der Waals surface area (Å²) in [5, 5.41) is 0.782. The zero-order valence-electron chi connectivity index (χ0n) is 16.5. The van der Waals surface area contributed by atoms with Crippen LogP contribution in [0.1, 0.15) is 32.1 Å². The number of rotatable bonds is 5. The molecule has 2 aliphatic rings. The molecule has 1 saturated carbocycles. The molecule has 4 rings (SSSR count). The maximum atomic E-state index is 13.3. The van der Waals surface area contributed by atoms with Crippen molar-refractivity contribution < 1.29 is 14.3 Å². The fourth-order valence-corrected chi connectivity index (χ4v) is 4.75. The van der Waals surface area contributed by atoms with E-state index in [0.717, 1.165) is 59.1 Å². The van der Waals surface area contributed by atoms with Gasteiger partial charge in [0.25, 0.3) is 0 Å². The number of fused-ring (bicyclic) bond motifs is 2. The fraction of sp³-hybridized carbons (Fsp3) is 0.600. The molecule has 0 radical (unpaired) electrons. The number of halogens is 1. The molecule has 1 aliphatic carbocycles. The Morgan fingerprint density at radius 1 is 1.11 bits per heavy atom. The van der Waals surface area contributed by atoms with E-state index in [1.54, 1.807) is 11.3 Å². The van der Waals surface area contributed by atoms with Crippen molar-refractivity contribution in [3.8, 4) is 11.5 Å². The quantitative estimate of drug-likeness (QED) is 0.725. The van der Waals surface area contributed by atoms with Crippen molar-refractivity contribution in [2.45, 2.75) is 32.1 Å². The van der Waals surface area contributed by atoms with Gasteiger partial charge in [0, 0.05) is 31.1 Å². The van der Waals surface area contributed by atoms with Gasteiger partial charge < -0.3 is 14.4 Å². The first-order valence-corrected chi connectivity index (χ1v) is 10.6. The van der Waals surface area contributed by atoms with Crippen LogP contribution < -0.4 is 14.4 Å². The minimum atomic E-state index is 0. The third kappa shape index (κ3) is 4.53. The van der Waals surface area contributed by atoms with Crippen LogP contribution in [-0.2, 0) is 4.79 Å². The van der Waals surface area contributed by atoms with Gasteiger partial charge in [0.2, 0.25) is 5.91 Å². The van der Waals surface area contributed by atoms with Gasteiger partial charge in [-0.3, -0.25) is 9.69 Å². The number of likely N-dealkylation sites (N-methyl/N-ethyl adjacent to an activating group) is 1. The number of thiazole rings is 1. The Bertz CT molecular complexity index is 777. The number of hydrogen-bond acceptors (Lipinski definition) is 6. The second-order valence-corrected chi connectivity index (χ2v) is 8.60. The molecule has 154 valence electrons. The number of anilines is 1. The SMILES string of the molecule is CN(C)CCN(C(=O)C1CCCCC1)c1nc2cc3c(cc2s1)OCCO3.Cl. The van der Waals surface area contributed by atoms with E-state index < -0.39 is 0 Å². The smallest absolute Gasteiger partial charge is 0.231 e. The molecule has 0 spiro atoms. The number of ether oxygens (including phenoxy) is 2. The van der Waals surface area contributed by atoms with Crippen molar-refractivity contribution in [2.75, 3.05) is 45.3 Å². The molecule has 2 heterocycles. The number of aromatic nitrogens is 1. The Morgan fingerprint density at radius 2 is 1.79 bits per heavy atom. The largest absolute Gasteiger partial charge is 0.486 e. The van der Waals surface area contributed by atoms with Crippen molar-refractivity contribution in [1.29, 1.82) is 0 Å². The molecule has 6 nitrogen and oxygen atoms in total. The van der Waals surface area contributed by atoms with Crippen LogP contribution in [0.4, 0.5) is 5.13 Å². The van der Waals surface area contributed by atoms with Crippen molar-refractivity contribution in [2.24, 2.45) is 5.92 Å². The van der Waals surface area contributed by atoms with Crippen LogP contribution in [0.25, 0.3) is 10.2 Å². The number of nitrogens with zero attached hydrogens (tertiary/aromatic N) is 3. The van der Waals surface area contributed by atoms with Crippen molar-refractivity contribution in [3.63, 3.8) is 0 Å². The van der Waals surface area contributed by atoms with Crippen molar-refractivity contribution >= 4 is 45.0 Å². The van der Waals surface area contributed by atoms with Gasteiger partial charge in [0.1, 0.15) is 13.2 Å². The van der Waals surface area contributed by atoms with E-state index in [9.17, 15) is 4.79 Å². The van der Waals surface area contributed by atoms with Crippen molar-refractivity contribution in [1.82, 2.24) is 9.88 Å². The van der Waals surface area contributed by atoms with Gasteiger partial charge in [-0.15, -0.1) is 12.4 Å². The Kier molecular flexibility index (Phi) is 7.01. The second-order valence-electron chi connectivity index (χ2n) is 7.59. The highest BCUT2D eigenvalue weighted by molar-refractivity contribution is 7.22. The van der Waals surface area contributed by atoms with E-state index >= 15 is 0 Å². The van der Waals surface area contributed by atoms with E-state index in [-0.39, 0.29) is 24.2 Å². The molecule has 0 bridgehead atoms. The van der Waals surface area contributed by atoms with Crippen LogP contribution in [0.5, 0.6) is 11.5 Å². The van der Waals surface area contributed by atoms with Crippen LogP contribution in [-0.4, -0.2) is 56.2 Å². The summed E-state index contributed by atoms with van der Waals surface area (Å²) in [6.07, 6.45) is 5.54. The lowest BCUT2D eigenvalue weighted by atomic mass is 9.88. The Hall–Kier alpha value is -1.57. The summed E-state index contributed by atoms with van der Waals surface area (Å²) in [7, 11) is 4.06. The van der Waals surface area contributed by atoms with Crippen LogP contribution in [0, 0.1) is 5.92 Å². The summed E-state index contributed by atoms with van der Waals surface area (Å²) < 4.78 is 12.4. The minimum absolute atomic E-state index is 0. The monoisotopic (exact) mass is 425 g/mol. The second kappa shape index (κ2) is 9.29. The molecule has 8 heteroatoms. The Morgan fingerprint density at radius 3 is 2.46 bits per heavy atom. The summed E-state index contributed by atoms with van der Waals surface area (Å²) in [4.78, 5) is 22.1. The van der Waals surface area contributed by atoms with Gasteiger partial charge in [-0.2, -0.15) is 0 Å². The summed E-state index contributed by atoms with van der Waals surface area (Å²) in [5.41, 5.74) is 0.866. The Labute approximate surface area is 176 Å². The lowest BCUT2D eigenvalue weighted by molar-refractivity contribution is -0.123. The van der Waals surface area contributed by atoms with Gasteiger partial charge in [-0.25, -0.2) is 4.98 Å². The average molecular weight is 426 g/mol. The van der Waals surface area contributed by atoms with Gasteiger partial charge >= 0.3 is 0 Å². The van der Waals surface area contributed by atoms with Crippen LogP contribution in [0.15, 0.2) is 12.1 Å². The maximum Gasteiger partial charge on any atom is 0.231 e. The summed E-state index contributed by atoms with van der Waals surface area (Å²) in [5.74, 6) is 1.87. The molecular formula is C20H28ClN3O3S. The van der Waals surface area contributed by atoms with Gasteiger partial charge in [0.05, 0.1) is 10.2 Å². The molecule has 0 saturated heterocycles. The van der Waals surface area contributed by atoms with E-state index in [1.807, 2.05) is 31.1 Å². The van der Waals surface area contributed by atoms with E-state index in [2.05, 4.69) is 4.90 Å². The first kappa shape index (κ1) is 21.1. The lowest BCUT2D eigenvalue weighted by Crippen LogP contribution is -2.41. The van der Waals surface area contributed by atoms with Gasteiger partial charge in [-0.1, -0.05) is 30.6 Å². The van der Waals surface area contributed by atoms with E-state index in [4.69, 9.17) is 14.5 Å². The number of amides is 1. The first-order valence-electron chi connectivity index (χ1n) is 9.78.